The Kier molecular flexibility index (Phi) is 4.65. The number of benzene rings is 2. The Morgan fingerprint density at radius 2 is 1.90 bits per heavy atom. The third kappa shape index (κ3) is 3.51. The Hall–Kier alpha value is -4.06. The molecule has 0 saturated carbocycles. The van der Waals surface area contributed by atoms with Crippen molar-refractivity contribution >= 4 is 16.5 Å². The van der Waals surface area contributed by atoms with E-state index in [1.807, 2.05) is 65.2 Å². The summed E-state index contributed by atoms with van der Waals surface area (Å²) >= 11 is 0. The molecule has 0 aliphatic carbocycles. The highest BCUT2D eigenvalue weighted by Crippen LogP contribution is 2.24. The van der Waals surface area contributed by atoms with Gasteiger partial charge in [-0.15, -0.1) is 0 Å². The summed E-state index contributed by atoms with van der Waals surface area (Å²) in [5, 5.41) is 14.1. The number of hydrogen-bond donors (Lipinski definition) is 1. The van der Waals surface area contributed by atoms with Gasteiger partial charge in [-0.2, -0.15) is 0 Å². The molecule has 5 rings (SSSR count). The summed E-state index contributed by atoms with van der Waals surface area (Å²) in [6, 6.07) is 23.2. The molecule has 148 valence electrons. The summed E-state index contributed by atoms with van der Waals surface area (Å²) in [6.45, 7) is 0.553. The van der Waals surface area contributed by atoms with Crippen LogP contribution in [0.25, 0.3) is 27.9 Å². The lowest BCUT2D eigenvalue weighted by Crippen LogP contribution is -2.05. The van der Waals surface area contributed by atoms with Gasteiger partial charge in [-0.25, -0.2) is 4.98 Å². The average Bonchev–Trinajstić information content (AvgIpc) is 3.27. The lowest BCUT2D eigenvalue weighted by Gasteiger charge is -2.09. The number of rotatable bonds is 5. The van der Waals surface area contributed by atoms with E-state index < -0.39 is 0 Å². The minimum Gasteiger partial charge on any atom is -0.493 e. The zero-order valence-electron chi connectivity index (χ0n) is 16.1. The van der Waals surface area contributed by atoms with Gasteiger partial charge in [0, 0.05) is 24.2 Å². The number of nitrogens with zero attached hydrogens (tertiary/aromatic N) is 3. The summed E-state index contributed by atoms with van der Waals surface area (Å²) in [7, 11) is 0. The van der Waals surface area contributed by atoms with E-state index in [0.29, 0.717) is 40.1 Å². The van der Waals surface area contributed by atoms with Crippen LogP contribution in [0.3, 0.4) is 0 Å². The molecule has 1 N–H and O–H groups in total. The van der Waals surface area contributed by atoms with Crippen molar-refractivity contribution in [2.24, 2.45) is 5.16 Å². The molecule has 3 aromatic heterocycles. The predicted molar refractivity (Wildman–Crippen MR) is 113 cm³/mol. The van der Waals surface area contributed by atoms with Crippen LogP contribution in [0.2, 0.25) is 0 Å². The number of fused-ring (bicyclic) bond motifs is 2. The topological polar surface area (TPSA) is 72.3 Å². The van der Waals surface area contributed by atoms with Gasteiger partial charge in [0.1, 0.15) is 22.4 Å². The van der Waals surface area contributed by atoms with Gasteiger partial charge in [0.15, 0.2) is 5.76 Å². The summed E-state index contributed by atoms with van der Waals surface area (Å²) < 4.78 is 13.9. The third-order valence-corrected chi connectivity index (χ3v) is 4.99. The molecule has 5 aromatic rings. The Balaban J connectivity index is 1.45. The fourth-order valence-corrected chi connectivity index (χ4v) is 3.45. The fourth-order valence-electron chi connectivity index (χ4n) is 3.45. The zero-order valence-corrected chi connectivity index (χ0v) is 16.1. The van der Waals surface area contributed by atoms with Crippen LogP contribution in [0.4, 0.5) is 0 Å². The number of hydrogen-bond acceptors (Lipinski definition) is 5. The molecule has 6 nitrogen and oxygen atoms in total. The molecule has 0 spiro atoms. The molecule has 0 aliphatic heterocycles. The molecule has 0 aliphatic rings. The van der Waals surface area contributed by atoms with E-state index in [0.717, 1.165) is 11.9 Å². The molecule has 6 heteroatoms. The van der Waals surface area contributed by atoms with E-state index in [-0.39, 0.29) is 0 Å². The first-order chi connectivity index (χ1) is 14.8. The molecule has 3 heterocycles. The number of ether oxygens (including phenoxy) is 1. The van der Waals surface area contributed by atoms with Crippen molar-refractivity contribution in [2.75, 3.05) is 6.61 Å². The van der Waals surface area contributed by atoms with Crippen LogP contribution in [0.15, 0.2) is 94.9 Å². The molecule has 0 fully saturated rings. The van der Waals surface area contributed by atoms with Crippen LogP contribution in [0, 0.1) is 0 Å². The van der Waals surface area contributed by atoms with Crippen LogP contribution in [0.5, 0.6) is 5.75 Å². The second kappa shape index (κ2) is 7.75. The van der Waals surface area contributed by atoms with Crippen molar-refractivity contribution < 1.29 is 14.4 Å². The van der Waals surface area contributed by atoms with Crippen molar-refractivity contribution in [2.45, 2.75) is 6.42 Å². The Bertz CT molecular complexity index is 1390. The minimum absolute atomic E-state index is 0.400. The molecule has 0 amide bonds. The second-order valence-corrected chi connectivity index (χ2v) is 6.95. The highest BCUT2D eigenvalue weighted by atomic mass is 16.5. The summed E-state index contributed by atoms with van der Waals surface area (Å²) in [6.07, 6.45) is 4.47. The molecule has 0 radical (unpaired) electrons. The van der Waals surface area contributed by atoms with Gasteiger partial charge < -0.3 is 18.8 Å². The summed E-state index contributed by atoms with van der Waals surface area (Å²) in [5.41, 5.74) is 3.47. The monoisotopic (exact) mass is 397 g/mol. The van der Waals surface area contributed by atoms with Gasteiger partial charge in [-0.1, -0.05) is 35.5 Å². The third-order valence-electron chi connectivity index (χ3n) is 4.99. The molecular weight excluding hydrogens is 378 g/mol. The van der Waals surface area contributed by atoms with Gasteiger partial charge in [0.05, 0.1) is 18.3 Å². The van der Waals surface area contributed by atoms with Gasteiger partial charge in [-0.05, 0) is 42.0 Å². The van der Waals surface area contributed by atoms with Crippen LogP contribution in [-0.2, 0) is 6.42 Å². The quantitative estimate of drug-likeness (QED) is 0.346. The Morgan fingerprint density at radius 3 is 2.77 bits per heavy atom. The van der Waals surface area contributed by atoms with Crippen molar-refractivity contribution in [1.82, 2.24) is 9.38 Å². The summed E-state index contributed by atoms with van der Waals surface area (Å²) in [5.74, 6) is 1.22. The normalized spacial score (nSPS) is 11.9. The van der Waals surface area contributed by atoms with E-state index in [1.54, 1.807) is 12.4 Å². The predicted octanol–water partition coefficient (Wildman–Crippen LogP) is 4.66. The lowest BCUT2D eigenvalue weighted by molar-refractivity contribution is 0.302. The fraction of sp³-hybridized carbons (Fsp3) is 0.0833. The van der Waals surface area contributed by atoms with Crippen LogP contribution in [0.1, 0.15) is 5.56 Å². The smallest absolute Gasteiger partial charge is 0.155 e. The van der Waals surface area contributed by atoms with Gasteiger partial charge in [0.2, 0.25) is 0 Å². The maximum absolute atomic E-state index is 9.58. The average molecular weight is 397 g/mol. The molecular formula is C24H19N3O3. The SMILES string of the molecule is O/N=c1\cc(-c2cc3cccn3cn2)oc2ccc(OCCc3ccccc3)cc12. The van der Waals surface area contributed by atoms with Crippen molar-refractivity contribution in [3.05, 3.63) is 96.2 Å². The van der Waals surface area contributed by atoms with E-state index in [9.17, 15) is 5.21 Å². The molecule has 0 atom stereocenters. The van der Waals surface area contributed by atoms with Crippen molar-refractivity contribution in [3.63, 3.8) is 0 Å². The molecule has 0 saturated heterocycles. The highest BCUT2D eigenvalue weighted by molar-refractivity contribution is 5.80. The van der Waals surface area contributed by atoms with Gasteiger partial charge in [-0.3, -0.25) is 0 Å². The van der Waals surface area contributed by atoms with Gasteiger partial charge >= 0.3 is 0 Å². The summed E-state index contributed by atoms with van der Waals surface area (Å²) in [4.78, 5) is 4.44. The number of aromatic nitrogens is 2. The highest BCUT2D eigenvalue weighted by Gasteiger charge is 2.10. The van der Waals surface area contributed by atoms with Crippen molar-refractivity contribution in [3.8, 4) is 17.2 Å². The zero-order chi connectivity index (χ0) is 20.3. The maximum atomic E-state index is 9.58. The standard InChI is InChI=1S/C24H19N3O3/c28-26-21-15-24(22-13-18-7-4-11-27(18)16-25-22)30-23-9-8-19(14-20(21)23)29-12-10-17-5-2-1-3-6-17/h1-9,11,13-16,28H,10,12H2/b26-21+. The van der Waals surface area contributed by atoms with E-state index in [2.05, 4.69) is 22.3 Å². The largest absolute Gasteiger partial charge is 0.493 e. The first-order valence-electron chi connectivity index (χ1n) is 9.66. The molecule has 2 aromatic carbocycles. The van der Waals surface area contributed by atoms with Crippen molar-refractivity contribution in [1.29, 1.82) is 0 Å². The Labute approximate surface area is 172 Å². The van der Waals surface area contributed by atoms with Crippen LogP contribution < -0.4 is 10.1 Å². The van der Waals surface area contributed by atoms with Crippen LogP contribution >= 0.6 is 0 Å². The van der Waals surface area contributed by atoms with E-state index in [1.165, 1.54) is 5.56 Å². The second-order valence-electron chi connectivity index (χ2n) is 6.95. The molecule has 0 bridgehead atoms. The molecule has 0 unspecified atom stereocenters. The lowest BCUT2D eigenvalue weighted by atomic mass is 10.1. The first-order valence-corrected chi connectivity index (χ1v) is 9.66. The minimum atomic E-state index is 0.400. The van der Waals surface area contributed by atoms with Gasteiger partial charge in [0.25, 0.3) is 0 Å². The maximum Gasteiger partial charge on any atom is 0.155 e. The molecule has 30 heavy (non-hydrogen) atoms. The first kappa shape index (κ1) is 18.0. The Morgan fingerprint density at radius 1 is 1.00 bits per heavy atom. The van der Waals surface area contributed by atoms with E-state index >= 15 is 0 Å². The van der Waals surface area contributed by atoms with Crippen LogP contribution in [-0.4, -0.2) is 21.2 Å². The van der Waals surface area contributed by atoms with E-state index in [4.69, 9.17) is 9.15 Å².